The van der Waals surface area contributed by atoms with Crippen molar-refractivity contribution in [2.45, 2.75) is 140 Å². The van der Waals surface area contributed by atoms with E-state index >= 15 is 0 Å². The minimum absolute atomic E-state index is 0.160. The zero-order chi connectivity index (χ0) is 29.7. The van der Waals surface area contributed by atoms with Gasteiger partial charge in [-0.05, 0) is 81.8 Å². The minimum Gasteiger partial charge on any atom is -0.393 e. The largest absolute Gasteiger partial charge is 0.393 e. The summed E-state index contributed by atoms with van der Waals surface area (Å²) in [7, 11) is 1.92. The number of rotatable bonds is 17. The van der Waals surface area contributed by atoms with Crippen LogP contribution in [0.15, 0.2) is 17.6 Å². The normalized spacial score (nSPS) is 25.1. The van der Waals surface area contributed by atoms with Crippen molar-refractivity contribution in [3.05, 3.63) is 23.3 Å². The van der Waals surface area contributed by atoms with Gasteiger partial charge >= 0.3 is 0 Å². The van der Waals surface area contributed by atoms with E-state index in [0.717, 1.165) is 108 Å². The molecule has 2 aliphatic rings. The number of hydrogen-bond donors (Lipinski definition) is 3. The van der Waals surface area contributed by atoms with Crippen LogP contribution in [-0.4, -0.2) is 61.3 Å². The molecule has 2 aliphatic carbocycles. The maximum absolute atomic E-state index is 10.3. The molecule has 0 spiro atoms. The molecule has 10 heteroatoms. The van der Waals surface area contributed by atoms with Crippen LogP contribution >= 0.6 is 47.9 Å². The zero-order valence-corrected chi connectivity index (χ0v) is 29.3. The fraction of sp³-hybridized carbons (Fsp3) is 0.839. The Hall–Kier alpha value is -0.430. The quantitative estimate of drug-likeness (QED) is 0.0221. The number of halogens is 1. The van der Waals surface area contributed by atoms with Crippen LogP contribution in [0.25, 0.3) is 0 Å². The van der Waals surface area contributed by atoms with Gasteiger partial charge in [-0.3, -0.25) is 10.1 Å². The van der Waals surface area contributed by atoms with Gasteiger partial charge in [-0.1, -0.05) is 58.1 Å². The van der Waals surface area contributed by atoms with Crippen LogP contribution in [0.2, 0.25) is 0 Å². The second kappa shape index (κ2) is 18.4. The fourth-order valence-corrected chi connectivity index (χ4v) is 7.69. The number of thiol groups is 1. The molecule has 0 aliphatic heterocycles. The van der Waals surface area contributed by atoms with Gasteiger partial charge in [-0.25, -0.2) is 0 Å². The zero-order valence-electron chi connectivity index (χ0n) is 25.4. The van der Waals surface area contributed by atoms with Crippen LogP contribution < -0.4 is 0 Å². The third-order valence-corrected chi connectivity index (χ3v) is 11.3. The Morgan fingerprint density at radius 3 is 2.73 bits per heavy atom. The average molecular weight is 720 g/mol. The Labute approximate surface area is 273 Å². The molecule has 0 saturated heterocycles. The summed E-state index contributed by atoms with van der Waals surface area (Å²) in [6, 6.07) is 0. The Morgan fingerprint density at radius 1 is 1.24 bits per heavy atom. The number of nitrogens with one attached hydrogen (secondary N) is 1. The second-order valence-corrected chi connectivity index (χ2v) is 13.8. The van der Waals surface area contributed by atoms with Crippen LogP contribution in [0.5, 0.6) is 0 Å². The molecule has 7 nitrogen and oxygen atoms in total. The molecule has 1 aromatic rings. The summed E-state index contributed by atoms with van der Waals surface area (Å²) in [5, 5.41) is 17.9. The number of aromatic nitrogens is 3. The van der Waals surface area contributed by atoms with Gasteiger partial charge in [-0.2, -0.15) is 5.10 Å². The van der Waals surface area contributed by atoms with Crippen LogP contribution in [0, 0.1) is 16.6 Å². The number of H-pyrrole nitrogens is 1. The Kier molecular flexibility index (Phi) is 15.7. The van der Waals surface area contributed by atoms with Crippen LogP contribution in [-0.2, 0) is 16.0 Å². The monoisotopic (exact) mass is 719 g/mol. The highest BCUT2D eigenvalue weighted by Crippen LogP contribution is 2.33. The number of aromatic amines is 1. The minimum atomic E-state index is -0.383. The molecule has 3 rings (SSSR count). The average Bonchev–Trinajstić information content (AvgIpc) is 3.35. The molecule has 41 heavy (non-hydrogen) atoms. The third kappa shape index (κ3) is 10.6. The molecule has 1 heterocycles. The maximum Gasteiger partial charge on any atom is 0.195 e. The summed E-state index contributed by atoms with van der Waals surface area (Å²) >= 11 is 12.7. The maximum atomic E-state index is 10.3. The van der Waals surface area contributed by atoms with E-state index in [9.17, 15) is 5.11 Å². The fourth-order valence-electron chi connectivity index (χ4n) is 6.77. The van der Waals surface area contributed by atoms with E-state index in [-0.39, 0.29) is 11.0 Å². The van der Waals surface area contributed by atoms with E-state index in [1.807, 2.05) is 13.1 Å². The van der Waals surface area contributed by atoms with Gasteiger partial charge in [0.1, 0.15) is 33.7 Å². The summed E-state index contributed by atoms with van der Waals surface area (Å²) in [5.41, 5.74) is 0. The lowest BCUT2D eigenvalue weighted by molar-refractivity contribution is 0.0628. The number of aliphatic hydroxyl groups is 1. The SMILES string of the molecule is C=CC(S)(CC)N(CCC1CCCC(OI)C1)C(CCCCCCc1n[nH]c(=S)n1CCC1CCCCC1O)=NC. The van der Waals surface area contributed by atoms with E-state index < -0.39 is 0 Å². The van der Waals surface area contributed by atoms with Gasteiger partial charge in [0.15, 0.2) is 4.77 Å². The van der Waals surface area contributed by atoms with Crippen molar-refractivity contribution in [3.63, 3.8) is 0 Å². The molecule has 0 radical (unpaired) electrons. The van der Waals surface area contributed by atoms with Gasteiger partial charge in [0, 0.05) is 33.0 Å². The van der Waals surface area contributed by atoms with Gasteiger partial charge in [0.05, 0.1) is 18.0 Å². The summed E-state index contributed by atoms with van der Waals surface area (Å²) in [5.74, 6) is 3.27. The first-order chi connectivity index (χ1) is 19.8. The van der Waals surface area contributed by atoms with Crippen LogP contribution in [0.3, 0.4) is 0 Å². The summed E-state index contributed by atoms with van der Waals surface area (Å²) in [6.45, 7) is 8.12. The molecule has 5 unspecified atom stereocenters. The van der Waals surface area contributed by atoms with Crippen molar-refractivity contribution in [1.82, 2.24) is 19.7 Å². The summed E-state index contributed by atoms with van der Waals surface area (Å²) < 4.78 is 8.51. The number of hydrogen-bond acceptors (Lipinski definition) is 6. The molecule has 234 valence electrons. The van der Waals surface area contributed by atoms with Crippen molar-refractivity contribution in [2.24, 2.45) is 16.8 Å². The Balaban J connectivity index is 1.45. The first-order valence-electron chi connectivity index (χ1n) is 16.0. The molecule has 2 saturated carbocycles. The van der Waals surface area contributed by atoms with Gasteiger partial charge < -0.3 is 17.6 Å². The topological polar surface area (TPSA) is 78.7 Å². The number of aliphatic imine (C=N–C) groups is 1. The van der Waals surface area contributed by atoms with E-state index in [1.165, 1.54) is 25.7 Å². The van der Waals surface area contributed by atoms with Crippen molar-refractivity contribution in [1.29, 1.82) is 0 Å². The molecular weight excluding hydrogens is 665 g/mol. The summed E-state index contributed by atoms with van der Waals surface area (Å²) in [4.78, 5) is 6.79. The van der Waals surface area contributed by atoms with E-state index in [2.05, 4.69) is 56.2 Å². The van der Waals surface area contributed by atoms with E-state index in [0.29, 0.717) is 22.7 Å². The first kappa shape index (κ1) is 35.1. The summed E-state index contributed by atoms with van der Waals surface area (Å²) in [6.07, 6.45) is 20.9. The predicted octanol–water partition coefficient (Wildman–Crippen LogP) is 8.24. The lowest BCUT2D eigenvalue weighted by Crippen LogP contribution is -2.47. The number of amidine groups is 1. The smallest absolute Gasteiger partial charge is 0.195 e. The lowest BCUT2D eigenvalue weighted by Gasteiger charge is -2.41. The molecule has 5 atom stereocenters. The van der Waals surface area contributed by atoms with E-state index in [4.69, 9.17) is 32.9 Å². The van der Waals surface area contributed by atoms with Crippen molar-refractivity contribution in [2.75, 3.05) is 13.6 Å². The molecule has 2 N–H and O–H groups in total. The van der Waals surface area contributed by atoms with Gasteiger partial charge in [0.2, 0.25) is 0 Å². The van der Waals surface area contributed by atoms with Crippen LogP contribution in [0.1, 0.15) is 115 Å². The van der Waals surface area contributed by atoms with Crippen LogP contribution in [0.4, 0.5) is 0 Å². The number of aliphatic hydroxyl groups excluding tert-OH is 1. The molecule has 0 aromatic carbocycles. The Morgan fingerprint density at radius 2 is 2.02 bits per heavy atom. The third-order valence-electron chi connectivity index (χ3n) is 9.49. The predicted molar refractivity (Wildman–Crippen MR) is 185 cm³/mol. The van der Waals surface area contributed by atoms with Gasteiger partial charge in [0.25, 0.3) is 0 Å². The molecular formula is C31H54IN5O2S2. The number of unbranched alkanes of at least 4 members (excludes halogenated alkanes) is 3. The van der Waals surface area contributed by atoms with Crippen molar-refractivity contribution >= 4 is 53.7 Å². The van der Waals surface area contributed by atoms with Gasteiger partial charge in [-0.15, -0.1) is 12.6 Å². The number of nitrogens with zero attached hydrogens (tertiary/aromatic N) is 4. The Bertz CT molecular complexity index is 1000. The molecule has 0 amide bonds. The highest BCUT2D eigenvalue weighted by Gasteiger charge is 2.32. The standard InChI is InChI=1S/C31H54IN5O2S2/c1-4-31(41,5-2)37(22-19-24-13-12-15-26(23-24)39-32)28(33-3)17-8-6-7-9-18-29-34-35-30(40)36(29)21-20-25-14-10-11-16-27(25)38/h4,24-27,38,41H,1,5-23H2,2-3H3,(H,35,40). The highest BCUT2D eigenvalue weighted by atomic mass is 127. The van der Waals surface area contributed by atoms with Crippen molar-refractivity contribution < 1.29 is 8.17 Å². The second-order valence-electron chi connectivity index (χ2n) is 12.2. The molecule has 1 aromatic heterocycles. The highest BCUT2D eigenvalue weighted by molar-refractivity contribution is 14.1. The molecule has 2 fully saturated rings. The lowest BCUT2D eigenvalue weighted by atomic mass is 9.84. The molecule has 0 bridgehead atoms. The van der Waals surface area contributed by atoms with E-state index in [1.54, 1.807) is 0 Å². The number of aryl methyl sites for hydroxylation is 1. The first-order valence-corrected chi connectivity index (χ1v) is 17.8. The van der Waals surface area contributed by atoms with Crippen molar-refractivity contribution in [3.8, 4) is 0 Å².